The summed E-state index contributed by atoms with van der Waals surface area (Å²) >= 11 is 0. The van der Waals surface area contributed by atoms with E-state index in [1.165, 1.54) is 5.56 Å². The van der Waals surface area contributed by atoms with Crippen molar-refractivity contribution in [2.24, 2.45) is 0 Å². The molecule has 6 nitrogen and oxygen atoms in total. The first kappa shape index (κ1) is 13.8. The van der Waals surface area contributed by atoms with Crippen molar-refractivity contribution in [3.63, 3.8) is 0 Å². The smallest absolute Gasteiger partial charge is 0.281 e. The van der Waals surface area contributed by atoms with Crippen LogP contribution in [0.15, 0.2) is 18.5 Å². The van der Waals surface area contributed by atoms with Gasteiger partial charge in [-0.15, -0.1) is 0 Å². The molecule has 2 N–H and O–H groups in total. The molecule has 0 aromatic carbocycles. The minimum atomic E-state index is 0.546. The van der Waals surface area contributed by atoms with Crippen molar-refractivity contribution in [3.8, 4) is 0 Å². The number of nitrogens with one attached hydrogen (secondary N) is 2. The van der Waals surface area contributed by atoms with Gasteiger partial charge in [-0.3, -0.25) is 4.90 Å². The molecule has 2 saturated heterocycles. The minimum absolute atomic E-state index is 0.546. The number of ether oxygens (including phenoxy) is 1. The number of anilines is 1. The van der Waals surface area contributed by atoms with Crippen LogP contribution in [0, 0.1) is 5.21 Å². The van der Waals surface area contributed by atoms with Crippen LogP contribution >= 0.6 is 0 Å². The summed E-state index contributed by atoms with van der Waals surface area (Å²) in [5.41, 5.74) is 2.34. The summed E-state index contributed by atoms with van der Waals surface area (Å²) in [5.74, 6) is 1.26. The average Bonchev–Trinajstić information content (AvgIpc) is 2.98. The van der Waals surface area contributed by atoms with Gasteiger partial charge in [-0.25, -0.2) is 4.73 Å². The number of aromatic amines is 1. The Morgan fingerprint density at radius 3 is 2.77 bits per heavy atom. The monoisotopic (exact) mass is 302 g/mol. The normalized spacial score (nSPS) is 20.6. The quantitative estimate of drug-likeness (QED) is 0.644. The van der Waals surface area contributed by atoms with Gasteiger partial charge in [0.25, 0.3) is 5.82 Å². The Morgan fingerprint density at radius 2 is 2.00 bits per heavy atom. The molecule has 0 unspecified atom stereocenters. The molecule has 2 aliphatic rings. The van der Waals surface area contributed by atoms with E-state index in [-0.39, 0.29) is 0 Å². The van der Waals surface area contributed by atoms with Gasteiger partial charge in [0.2, 0.25) is 0 Å². The molecular formula is C16H22N4O2. The highest BCUT2D eigenvalue weighted by molar-refractivity contribution is 5.84. The molecule has 0 atom stereocenters. The summed E-state index contributed by atoms with van der Waals surface area (Å²) in [4.78, 5) is 5.46. The third kappa shape index (κ3) is 2.42. The first-order valence-corrected chi connectivity index (χ1v) is 8.10. The molecule has 2 aromatic rings. The third-order valence-electron chi connectivity index (χ3n) is 4.84. The van der Waals surface area contributed by atoms with Crippen molar-refractivity contribution < 1.29 is 9.47 Å². The van der Waals surface area contributed by atoms with Gasteiger partial charge in [0.05, 0.1) is 24.8 Å². The summed E-state index contributed by atoms with van der Waals surface area (Å²) in [6, 6.07) is 1.98. The first-order chi connectivity index (χ1) is 10.8. The lowest BCUT2D eigenvalue weighted by Crippen LogP contribution is -2.44. The van der Waals surface area contributed by atoms with Crippen LogP contribution in [0.25, 0.3) is 10.9 Å². The van der Waals surface area contributed by atoms with E-state index in [2.05, 4.69) is 21.4 Å². The van der Waals surface area contributed by atoms with E-state index in [0.717, 1.165) is 60.5 Å². The number of hydrogen-bond acceptors (Lipinski definition) is 4. The van der Waals surface area contributed by atoms with Gasteiger partial charge in [-0.1, -0.05) is 0 Å². The molecule has 6 heteroatoms. The fraction of sp³-hybridized carbons (Fsp3) is 0.562. The zero-order valence-electron chi connectivity index (χ0n) is 12.7. The van der Waals surface area contributed by atoms with E-state index in [0.29, 0.717) is 19.1 Å². The van der Waals surface area contributed by atoms with Crippen molar-refractivity contribution in [2.45, 2.75) is 18.8 Å². The molecule has 2 fully saturated rings. The molecule has 4 rings (SSSR count). The molecule has 2 aromatic heterocycles. The van der Waals surface area contributed by atoms with Crippen LogP contribution in [0.5, 0.6) is 0 Å². The zero-order valence-corrected chi connectivity index (χ0v) is 12.7. The highest BCUT2D eigenvalue weighted by Crippen LogP contribution is 2.31. The maximum atomic E-state index is 12.5. The fourth-order valence-corrected chi connectivity index (χ4v) is 3.60. The Labute approximate surface area is 129 Å². The third-order valence-corrected chi connectivity index (χ3v) is 4.84. The van der Waals surface area contributed by atoms with E-state index < -0.39 is 0 Å². The summed E-state index contributed by atoms with van der Waals surface area (Å²) < 4.78 is 6.39. The topological polar surface area (TPSA) is 67.2 Å². The van der Waals surface area contributed by atoms with Gasteiger partial charge in [-0.05, 0) is 37.4 Å². The molecular weight excluding hydrogens is 280 g/mol. The summed E-state index contributed by atoms with van der Waals surface area (Å²) in [5, 5.41) is 16.9. The Bertz CT molecular complexity index is 657. The number of fused-ring (bicyclic) bond motifs is 1. The average molecular weight is 302 g/mol. The van der Waals surface area contributed by atoms with Crippen LogP contribution in [0.3, 0.4) is 0 Å². The number of pyridine rings is 1. The molecule has 4 heterocycles. The predicted molar refractivity (Wildman–Crippen MR) is 85.1 cm³/mol. The van der Waals surface area contributed by atoms with Crippen LogP contribution in [0.4, 0.5) is 5.82 Å². The van der Waals surface area contributed by atoms with Crippen LogP contribution in [-0.2, 0) is 4.74 Å². The van der Waals surface area contributed by atoms with Crippen LogP contribution in [-0.4, -0.2) is 44.4 Å². The van der Waals surface area contributed by atoms with Crippen molar-refractivity contribution in [1.29, 1.82) is 0 Å². The van der Waals surface area contributed by atoms with E-state index in [1.54, 1.807) is 6.20 Å². The second-order valence-corrected chi connectivity index (χ2v) is 6.15. The van der Waals surface area contributed by atoms with Gasteiger partial charge in [0.15, 0.2) is 0 Å². The first-order valence-electron chi connectivity index (χ1n) is 8.10. The molecule has 0 amide bonds. The van der Waals surface area contributed by atoms with Gasteiger partial charge >= 0.3 is 0 Å². The number of H-pyrrole nitrogens is 1. The lowest BCUT2D eigenvalue weighted by Gasteiger charge is -2.25. The zero-order chi connectivity index (χ0) is 14.9. The van der Waals surface area contributed by atoms with Crippen LogP contribution in [0.2, 0.25) is 0 Å². The fourth-order valence-electron chi connectivity index (χ4n) is 3.60. The molecule has 0 saturated carbocycles. The number of piperidine rings is 1. The minimum Gasteiger partial charge on any atom is -0.711 e. The molecule has 118 valence electrons. The number of rotatable bonds is 2. The molecule has 2 aliphatic heterocycles. The Hall–Kier alpha value is -1.79. The summed E-state index contributed by atoms with van der Waals surface area (Å²) in [7, 11) is 0. The van der Waals surface area contributed by atoms with E-state index in [1.807, 2.05) is 6.07 Å². The second-order valence-electron chi connectivity index (χ2n) is 6.15. The highest BCUT2D eigenvalue weighted by atomic mass is 16.5. The SMILES string of the molecule is [O-][n+]1cc2c(C3CCNCC3)c[nH]c2cc1N1CCOCC1. The van der Waals surface area contributed by atoms with Crippen LogP contribution in [0.1, 0.15) is 24.3 Å². The largest absolute Gasteiger partial charge is 0.711 e. The maximum Gasteiger partial charge on any atom is 0.281 e. The van der Waals surface area contributed by atoms with Crippen LogP contribution < -0.4 is 14.9 Å². The Kier molecular flexibility index (Phi) is 3.63. The molecule has 0 spiro atoms. The van der Waals surface area contributed by atoms with Gasteiger partial charge in [-0.2, -0.15) is 0 Å². The predicted octanol–water partition coefficient (Wildman–Crippen LogP) is 1.10. The number of morpholine rings is 1. The van der Waals surface area contributed by atoms with Crippen molar-refractivity contribution in [2.75, 3.05) is 44.3 Å². The van der Waals surface area contributed by atoms with E-state index >= 15 is 0 Å². The maximum absolute atomic E-state index is 12.5. The lowest BCUT2D eigenvalue weighted by atomic mass is 9.90. The van der Waals surface area contributed by atoms with E-state index in [9.17, 15) is 5.21 Å². The molecule has 22 heavy (non-hydrogen) atoms. The molecule has 0 aliphatic carbocycles. The highest BCUT2D eigenvalue weighted by Gasteiger charge is 2.24. The number of aromatic nitrogens is 2. The van der Waals surface area contributed by atoms with Crippen molar-refractivity contribution >= 4 is 16.7 Å². The number of hydrogen-bond donors (Lipinski definition) is 2. The Morgan fingerprint density at radius 1 is 1.23 bits per heavy atom. The number of nitrogens with zero attached hydrogens (tertiary/aromatic N) is 2. The molecule has 0 bridgehead atoms. The summed E-state index contributed by atoms with van der Waals surface area (Å²) in [6.07, 6.45) is 6.10. The van der Waals surface area contributed by atoms with E-state index in [4.69, 9.17) is 4.74 Å². The van der Waals surface area contributed by atoms with Gasteiger partial charge < -0.3 is 20.2 Å². The molecule has 0 radical (unpaired) electrons. The standard InChI is InChI=1S/C16H22N4O2/c21-20-11-14-13(12-1-3-17-4-2-12)10-18-15(14)9-16(20)19-5-7-22-8-6-19/h9-12,17-18H,1-8H2. The summed E-state index contributed by atoms with van der Waals surface area (Å²) in [6.45, 7) is 5.03. The second kappa shape index (κ2) is 5.78. The van der Waals surface area contributed by atoms with Gasteiger partial charge in [0, 0.05) is 11.6 Å². The van der Waals surface area contributed by atoms with Crippen molar-refractivity contribution in [3.05, 3.63) is 29.2 Å². The van der Waals surface area contributed by atoms with Gasteiger partial charge in [0.1, 0.15) is 19.3 Å². The Balaban J connectivity index is 1.69. The van der Waals surface area contributed by atoms with Crippen molar-refractivity contribution in [1.82, 2.24) is 10.3 Å². The lowest BCUT2D eigenvalue weighted by molar-refractivity contribution is -0.590.